The SMILES string of the molecule is Cc1cc2oc(=O)c(C(c3cccc(O)c3)c3c(O)c4cc(C)c(C)cc4oc3=O)c(O)c2cc1C. The fraction of sp³-hybridized carbons (Fsp3) is 0.172. The first kappa shape index (κ1) is 23.2. The van der Waals surface area contributed by atoms with Gasteiger partial charge in [-0.05, 0) is 91.9 Å². The maximum Gasteiger partial charge on any atom is 0.344 e. The fourth-order valence-electron chi connectivity index (χ4n) is 4.60. The Morgan fingerprint density at radius 1 is 0.639 bits per heavy atom. The normalized spacial score (nSPS) is 11.6. The molecule has 3 aromatic carbocycles. The van der Waals surface area contributed by atoms with Crippen LogP contribution < -0.4 is 11.3 Å². The van der Waals surface area contributed by atoms with Gasteiger partial charge in [-0.25, -0.2) is 9.59 Å². The van der Waals surface area contributed by atoms with E-state index in [0.717, 1.165) is 22.3 Å². The summed E-state index contributed by atoms with van der Waals surface area (Å²) in [6.07, 6.45) is 0. The highest BCUT2D eigenvalue weighted by Gasteiger charge is 2.33. The van der Waals surface area contributed by atoms with Gasteiger partial charge in [0, 0.05) is 0 Å². The monoisotopic (exact) mass is 484 g/mol. The molecule has 7 heteroatoms. The molecule has 0 saturated heterocycles. The van der Waals surface area contributed by atoms with Gasteiger partial charge in [0.15, 0.2) is 0 Å². The second-order valence-corrected chi connectivity index (χ2v) is 9.20. The highest BCUT2D eigenvalue weighted by Crippen LogP contribution is 2.43. The highest BCUT2D eigenvalue weighted by molar-refractivity contribution is 5.88. The van der Waals surface area contributed by atoms with Crippen LogP contribution >= 0.6 is 0 Å². The molecule has 5 aromatic rings. The molecule has 182 valence electrons. The van der Waals surface area contributed by atoms with Gasteiger partial charge < -0.3 is 24.2 Å². The van der Waals surface area contributed by atoms with Crippen molar-refractivity contribution in [1.29, 1.82) is 0 Å². The van der Waals surface area contributed by atoms with Crippen molar-refractivity contribution in [3.8, 4) is 17.2 Å². The topological polar surface area (TPSA) is 121 Å². The molecule has 36 heavy (non-hydrogen) atoms. The third-order valence-electron chi connectivity index (χ3n) is 6.84. The average Bonchev–Trinajstić information content (AvgIpc) is 2.81. The van der Waals surface area contributed by atoms with Crippen molar-refractivity contribution in [3.63, 3.8) is 0 Å². The van der Waals surface area contributed by atoms with Gasteiger partial charge in [0.2, 0.25) is 0 Å². The predicted molar refractivity (Wildman–Crippen MR) is 136 cm³/mol. The Morgan fingerprint density at radius 3 is 1.53 bits per heavy atom. The number of phenolic OH excluding ortho intramolecular Hbond substituents is 1. The summed E-state index contributed by atoms with van der Waals surface area (Å²) in [6, 6.07) is 12.6. The van der Waals surface area contributed by atoms with Crippen LogP contribution in [0.4, 0.5) is 0 Å². The molecule has 0 unspecified atom stereocenters. The summed E-state index contributed by atoms with van der Waals surface area (Å²) in [5.41, 5.74) is 1.90. The Labute approximate surface area is 205 Å². The average molecular weight is 485 g/mol. The molecule has 0 bridgehead atoms. The number of hydrogen-bond acceptors (Lipinski definition) is 7. The van der Waals surface area contributed by atoms with Gasteiger partial charge in [-0.15, -0.1) is 0 Å². The Morgan fingerprint density at radius 2 is 1.08 bits per heavy atom. The van der Waals surface area contributed by atoms with E-state index < -0.39 is 17.2 Å². The smallest absolute Gasteiger partial charge is 0.344 e. The minimum absolute atomic E-state index is 0.121. The molecule has 0 aliphatic carbocycles. The van der Waals surface area contributed by atoms with E-state index in [1.807, 2.05) is 27.7 Å². The summed E-state index contributed by atoms with van der Waals surface area (Å²) < 4.78 is 11.1. The molecular weight excluding hydrogens is 460 g/mol. The van der Waals surface area contributed by atoms with E-state index in [9.17, 15) is 24.9 Å². The molecule has 2 aromatic heterocycles. The highest BCUT2D eigenvalue weighted by atomic mass is 16.4. The molecule has 0 spiro atoms. The lowest BCUT2D eigenvalue weighted by atomic mass is 9.84. The minimum Gasteiger partial charge on any atom is -0.508 e. The molecule has 5 rings (SSSR count). The zero-order chi connectivity index (χ0) is 25.9. The van der Waals surface area contributed by atoms with Crippen LogP contribution in [0.25, 0.3) is 21.9 Å². The summed E-state index contributed by atoms with van der Waals surface area (Å²) in [4.78, 5) is 26.6. The first-order chi connectivity index (χ1) is 17.1. The molecule has 0 fully saturated rings. The fourth-order valence-corrected chi connectivity index (χ4v) is 4.60. The van der Waals surface area contributed by atoms with Crippen molar-refractivity contribution in [3.05, 3.63) is 108 Å². The predicted octanol–water partition coefficient (Wildman–Crippen LogP) is 5.43. The number of rotatable bonds is 3. The van der Waals surface area contributed by atoms with Gasteiger partial charge >= 0.3 is 11.3 Å². The Kier molecular flexibility index (Phi) is 5.36. The second kappa shape index (κ2) is 8.30. The Hall–Kier alpha value is -4.52. The van der Waals surface area contributed by atoms with Crippen molar-refractivity contribution in [2.75, 3.05) is 0 Å². The summed E-state index contributed by atoms with van der Waals surface area (Å²) >= 11 is 0. The first-order valence-corrected chi connectivity index (χ1v) is 11.4. The van der Waals surface area contributed by atoms with Gasteiger partial charge in [0.05, 0.1) is 27.8 Å². The van der Waals surface area contributed by atoms with Crippen LogP contribution in [0.2, 0.25) is 0 Å². The van der Waals surface area contributed by atoms with E-state index in [2.05, 4.69) is 0 Å². The number of hydrogen-bond donors (Lipinski definition) is 3. The van der Waals surface area contributed by atoms with Crippen LogP contribution in [0.5, 0.6) is 17.2 Å². The van der Waals surface area contributed by atoms with Crippen LogP contribution in [0, 0.1) is 27.7 Å². The third kappa shape index (κ3) is 3.60. The molecule has 0 amide bonds. The van der Waals surface area contributed by atoms with E-state index in [-0.39, 0.29) is 55.9 Å². The van der Waals surface area contributed by atoms with Crippen molar-refractivity contribution < 1.29 is 24.2 Å². The van der Waals surface area contributed by atoms with Gasteiger partial charge in [-0.3, -0.25) is 0 Å². The largest absolute Gasteiger partial charge is 0.508 e. The number of aryl methyl sites for hydroxylation is 4. The van der Waals surface area contributed by atoms with Crippen molar-refractivity contribution in [1.82, 2.24) is 0 Å². The Balaban J connectivity index is 1.92. The molecule has 0 aliphatic rings. The van der Waals surface area contributed by atoms with Crippen LogP contribution in [0.1, 0.15) is 44.9 Å². The first-order valence-electron chi connectivity index (χ1n) is 11.4. The van der Waals surface area contributed by atoms with E-state index >= 15 is 0 Å². The van der Waals surface area contributed by atoms with Gasteiger partial charge in [-0.2, -0.15) is 0 Å². The molecule has 0 atom stereocenters. The molecule has 0 aliphatic heterocycles. The lowest BCUT2D eigenvalue weighted by Crippen LogP contribution is -2.21. The zero-order valence-electron chi connectivity index (χ0n) is 20.2. The summed E-state index contributed by atoms with van der Waals surface area (Å²) in [5, 5.41) is 33.4. The summed E-state index contributed by atoms with van der Waals surface area (Å²) in [7, 11) is 0. The molecule has 0 radical (unpaired) electrons. The van der Waals surface area contributed by atoms with E-state index in [4.69, 9.17) is 8.83 Å². The molecule has 7 nitrogen and oxygen atoms in total. The van der Waals surface area contributed by atoms with Crippen LogP contribution in [-0.2, 0) is 0 Å². The van der Waals surface area contributed by atoms with Gasteiger partial charge in [0.25, 0.3) is 0 Å². The van der Waals surface area contributed by atoms with Crippen LogP contribution in [0.3, 0.4) is 0 Å². The van der Waals surface area contributed by atoms with E-state index in [1.165, 1.54) is 18.2 Å². The third-order valence-corrected chi connectivity index (χ3v) is 6.84. The van der Waals surface area contributed by atoms with Crippen LogP contribution in [0.15, 0.2) is 67.0 Å². The minimum atomic E-state index is -1.29. The number of phenols is 1. The lowest BCUT2D eigenvalue weighted by Gasteiger charge is -2.20. The lowest BCUT2D eigenvalue weighted by molar-refractivity contribution is 0.440. The zero-order valence-corrected chi connectivity index (χ0v) is 20.2. The summed E-state index contributed by atoms with van der Waals surface area (Å²) in [5.74, 6) is -2.17. The number of fused-ring (bicyclic) bond motifs is 2. The quantitative estimate of drug-likeness (QED) is 0.292. The number of benzene rings is 3. The van der Waals surface area contributed by atoms with Crippen LogP contribution in [-0.4, -0.2) is 15.3 Å². The van der Waals surface area contributed by atoms with Crippen molar-refractivity contribution in [2.45, 2.75) is 33.6 Å². The Bertz CT molecular complexity index is 1700. The molecule has 2 heterocycles. The standard InChI is InChI=1S/C29H24O7/c1-13-8-19-21(10-15(13)3)35-28(33)24(26(19)31)23(17-6-5-7-18(30)12-17)25-27(32)20-9-14(2)16(4)11-22(20)36-29(25)34/h5-12,23,30-32H,1-4H3. The van der Waals surface area contributed by atoms with Gasteiger partial charge in [-0.1, -0.05) is 12.1 Å². The summed E-state index contributed by atoms with van der Waals surface area (Å²) in [6.45, 7) is 7.44. The van der Waals surface area contributed by atoms with E-state index in [0.29, 0.717) is 0 Å². The molecular formula is C29H24O7. The maximum absolute atomic E-state index is 13.3. The van der Waals surface area contributed by atoms with Crippen molar-refractivity contribution in [2.24, 2.45) is 0 Å². The van der Waals surface area contributed by atoms with Gasteiger partial charge in [0.1, 0.15) is 28.4 Å². The second-order valence-electron chi connectivity index (χ2n) is 9.20. The molecule has 0 saturated carbocycles. The number of aromatic hydroxyl groups is 3. The van der Waals surface area contributed by atoms with E-state index in [1.54, 1.807) is 30.3 Å². The maximum atomic E-state index is 13.3. The van der Waals surface area contributed by atoms with Crippen molar-refractivity contribution >= 4 is 21.9 Å². The molecule has 3 N–H and O–H groups in total.